The molecule has 0 aliphatic rings. The van der Waals surface area contributed by atoms with Crippen molar-refractivity contribution in [3.63, 3.8) is 0 Å². The molecule has 0 aromatic heterocycles. The van der Waals surface area contributed by atoms with E-state index in [0.717, 1.165) is 0 Å². The zero-order chi connectivity index (χ0) is 13.2. The van der Waals surface area contributed by atoms with E-state index in [0.29, 0.717) is 0 Å². The molecular formula is C9H9ClN2O4S. The molecule has 0 aliphatic heterocycles. The maximum atomic E-state index is 10.5. The first kappa shape index (κ1) is 13.7. The molecule has 0 saturated heterocycles. The third kappa shape index (κ3) is 2.64. The first-order chi connectivity index (χ1) is 7.78. The van der Waals surface area contributed by atoms with Gasteiger partial charge in [0.2, 0.25) is 0 Å². The van der Waals surface area contributed by atoms with Crippen molar-refractivity contribution in [3.8, 4) is 0 Å². The van der Waals surface area contributed by atoms with Gasteiger partial charge in [0.25, 0.3) is 0 Å². The monoisotopic (exact) mass is 276 g/mol. The highest BCUT2D eigenvalue weighted by atomic mass is 35.5. The van der Waals surface area contributed by atoms with Crippen molar-refractivity contribution in [2.24, 2.45) is 0 Å². The summed E-state index contributed by atoms with van der Waals surface area (Å²) in [5.74, 6) is -1.71. The molecule has 1 aromatic rings. The van der Waals surface area contributed by atoms with Crippen LogP contribution in [0.3, 0.4) is 0 Å². The Morgan fingerprint density at radius 1 is 1.24 bits per heavy atom. The highest BCUT2D eigenvalue weighted by molar-refractivity contribution is 8.38. The van der Waals surface area contributed by atoms with Gasteiger partial charge in [0.1, 0.15) is 0 Å². The molecule has 0 spiro atoms. The summed E-state index contributed by atoms with van der Waals surface area (Å²) in [7, 11) is -3.87. The highest BCUT2D eigenvalue weighted by Gasteiger charge is 2.30. The molecule has 92 valence electrons. The van der Waals surface area contributed by atoms with E-state index in [2.05, 4.69) is 0 Å². The van der Waals surface area contributed by atoms with Gasteiger partial charge in [-0.05, 0) is 12.1 Å². The van der Waals surface area contributed by atoms with Crippen molar-refractivity contribution in [1.29, 1.82) is 10.8 Å². The van der Waals surface area contributed by atoms with Crippen LogP contribution in [0.2, 0.25) is 5.02 Å². The Hall–Kier alpha value is -1.41. The number of rotatable bonds is 3. The van der Waals surface area contributed by atoms with Gasteiger partial charge in [-0.2, -0.15) is 0 Å². The molecule has 6 nitrogen and oxygen atoms in total. The SMILES string of the molecule is N=C(C(=N)S(O)(O)c1ccccc1Cl)C(=O)O. The average Bonchev–Trinajstić information content (AvgIpc) is 2.27. The van der Waals surface area contributed by atoms with Gasteiger partial charge in [0, 0.05) is 0 Å². The van der Waals surface area contributed by atoms with E-state index in [9.17, 15) is 13.9 Å². The second kappa shape index (κ2) is 4.84. The van der Waals surface area contributed by atoms with Gasteiger partial charge in [-0.1, -0.05) is 23.7 Å². The van der Waals surface area contributed by atoms with E-state index < -0.39 is 27.3 Å². The molecular weight excluding hydrogens is 268 g/mol. The van der Waals surface area contributed by atoms with Crippen LogP contribution in [0.4, 0.5) is 0 Å². The van der Waals surface area contributed by atoms with Crippen LogP contribution < -0.4 is 0 Å². The van der Waals surface area contributed by atoms with E-state index in [1.165, 1.54) is 18.2 Å². The number of carbonyl (C=O) groups is 1. The maximum absolute atomic E-state index is 10.5. The molecule has 8 heteroatoms. The number of nitrogens with one attached hydrogen (secondary N) is 2. The average molecular weight is 277 g/mol. The Kier molecular flexibility index (Phi) is 3.89. The summed E-state index contributed by atoms with van der Waals surface area (Å²) in [6.07, 6.45) is 0. The topological polar surface area (TPSA) is 125 Å². The molecule has 5 N–H and O–H groups in total. The van der Waals surface area contributed by atoms with Crippen molar-refractivity contribution in [3.05, 3.63) is 29.3 Å². The quantitative estimate of drug-likeness (QED) is 0.429. The molecule has 0 heterocycles. The number of hydrogen-bond donors (Lipinski definition) is 5. The van der Waals surface area contributed by atoms with Crippen molar-refractivity contribution >= 4 is 38.9 Å². The predicted molar refractivity (Wildman–Crippen MR) is 65.7 cm³/mol. The zero-order valence-corrected chi connectivity index (χ0v) is 9.92. The first-order valence-corrected chi connectivity index (χ1v) is 6.14. The highest BCUT2D eigenvalue weighted by Crippen LogP contribution is 2.52. The van der Waals surface area contributed by atoms with E-state index in [1.54, 1.807) is 6.07 Å². The number of carboxylic acids is 1. The molecule has 0 unspecified atom stereocenters. The van der Waals surface area contributed by atoms with E-state index in [4.69, 9.17) is 27.5 Å². The van der Waals surface area contributed by atoms with Crippen molar-refractivity contribution in [2.75, 3.05) is 0 Å². The first-order valence-electron chi connectivity index (χ1n) is 4.22. The molecule has 0 amide bonds. The van der Waals surface area contributed by atoms with Gasteiger partial charge in [0.05, 0.1) is 9.92 Å². The van der Waals surface area contributed by atoms with Gasteiger partial charge in [-0.25, -0.2) is 4.79 Å². The van der Waals surface area contributed by atoms with Gasteiger partial charge < -0.3 is 5.11 Å². The van der Waals surface area contributed by atoms with Crippen LogP contribution in [0.5, 0.6) is 0 Å². The lowest BCUT2D eigenvalue weighted by Gasteiger charge is -2.32. The molecule has 0 atom stereocenters. The summed E-state index contributed by atoms with van der Waals surface area (Å²) in [5.41, 5.74) is -1.18. The standard InChI is InChI=1S/C9H9ClN2O4S/c10-5-3-1-2-4-6(5)17(15,16)8(12)7(11)9(13)14/h1-4,11-12,15-16H,(H,13,14). The van der Waals surface area contributed by atoms with E-state index in [1.807, 2.05) is 0 Å². The number of benzene rings is 1. The normalized spacial score (nSPS) is 11.9. The number of hydrogen-bond acceptors (Lipinski definition) is 5. The molecule has 0 fully saturated rings. The fourth-order valence-corrected chi connectivity index (χ4v) is 2.68. The fourth-order valence-electron chi connectivity index (χ4n) is 1.02. The third-order valence-corrected chi connectivity index (χ3v) is 4.05. The maximum Gasteiger partial charge on any atom is 0.357 e. The van der Waals surface area contributed by atoms with Crippen LogP contribution in [0.15, 0.2) is 29.2 Å². The molecule has 0 aliphatic carbocycles. The summed E-state index contributed by atoms with van der Waals surface area (Å²) in [4.78, 5) is 10.3. The molecule has 17 heavy (non-hydrogen) atoms. The van der Waals surface area contributed by atoms with Crippen molar-refractivity contribution in [1.82, 2.24) is 0 Å². The van der Waals surface area contributed by atoms with E-state index in [-0.39, 0.29) is 9.92 Å². The third-order valence-electron chi connectivity index (χ3n) is 1.87. The van der Waals surface area contributed by atoms with Gasteiger partial charge >= 0.3 is 5.97 Å². The second-order valence-electron chi connectivity index (χ2n) is 2.99. The summed E-state index contributed by atoms with van der Waals surface area (Å²) < 4.78 is 19.6. The van der Waals surface area contributed by atoms with Crippen LogP contribution in [0, 0.1) is 10.8 Å². The summed E-state index contributed by atoms with van der Waals surface area (Å²) in [5, 5.41) is 21.8. The Balaban J connectivity index is 3.20. The Morgan fingerprint density at radius 2 is 1.76 bits per heavy atom. The smallest absolute Gasteiger partial charge is 0.357 e. The minimum Gasteiger partial charge on any atom is -0.476 e. The summed E-state index contributed by atoms with van der Waals surface area (Å²) >= 11 is 5.72. The number of carboxylic acid groups (broad SMARTS) is 1. The van der Waals surface area contributed by atoms with E-state index >= 15 is 0 Å². The lowest BCUT2D eigenvalue weighted by atomic mass is 10.4. The van der Waals surface area contributed by atoms with Crippen LogP contribution in [0.25, 0.3) is 0 Å². The van der Waals surface area contributed by atoms with Crippen molar-refractivity contribution < 1.29 is 19.0 Å². The van der Waals surface area contributed by atoms with Crippen LogP contribution in [-0.4, -0.2) is 30.9 Å². The lowest BCUT2D eigenvalue weighted by Crippen LogP contribution is -2.27. The van der Waals surface area contributed by atoms with Crippen molar-refractivity contribution in [2.45, 2.75) is 4.90 Å². The van der Waals surface area contributed by atoms with Gasteiger partial charge in [0.15, 0.2) is 10.8 Å². The fraction of sp³-hybridized carbons (Fsp3) is 0. The van der Waals surface area contributed by atoms with Crippen LogP contribution in [-0.2, 0) is 4.79 Å². The molecule has 1 rings (SSSR count). The number of aliphatic carboxylic acids is 1. The minimum absolute atomic E-state index is 0.00422. The molecule has 0 bridgehead atoms. The lowest BCUT2D eigenvalue weighted by molar-refractivity contribution is -0.129. The summed E-state index contributed by atoms with van der Waals surface area (Å²) in [6, 6.07) is 5.66. The molecule has 1 aromatic carbocycles. The summed E-state index contributed by atoms with van der Waals surface area (Å²) in [6.45, 7) is 0. The van der Waals surface area contributed by atoms with Crippen LogP contribution in [0.1, 0.15) is 0 Å². The largest absolute Gasteiger partial charge is 0.476 e. The van der Waals surface area contributed by atoms with Gasteiger partial charge in [-0.3, -0.25) is 19.9 Å². The minimum atomic E-state index is -3.87. The van der Waals surface area contributed by atoms with Gasteiger partial charge in [-0.15, -0.1) is 10.6 Å². The predicted octanol–water partition coefficient (Wildman–Crippen LogP) is 2.53. The molecule has 0 radical (unpaired) electrons. The van der Waals surface area contributed by atoms with Crippen LogP contribution >= 0.6 is 22.2 Å². The zero-order valence-electron chi connectivity index (χ0n) is 8.35. The second-order valence-corrected chi connectivity index (χ2v) is 5.34. The Bertz CT molecular complexity index is 504. The Labute approximate surface area is 103 Å². The molecule has 0 saturated carbocycles. The number of halogens is 1. The Morgan fingerprint density at radius 3 is 2.24 bits per heavy atom.